The normalized spacial score (nSPS) is 12.6. The molecule has 2 heterocycles. The van der Waals surface area contributed by atoms with Gasteiger partial charge in [-0.3, -0.25) is 5.10 Å². The van der Waals surface area contributed by atoms with Crippen molar-refractivity contribution >= 4 is 17.1 Å². The van der Waals surface area contributed by atoms with E-state index in [1.54, 1.807) is 6.07 Å². The maximum Gasteiger partial charge on any atom is 0.432 e. The van der Waals surface area contributed by atoms with Gasteiger partial charge in [0.05, 0.1) is 11.4 Å². The highest BCUT2D eigenvalue weighted by Gasteiger charge is 2.33. The monoisotopic (exact) mass is 701 g/mol. The zero-order valence-corrected chi connectivity index (χ0v) is 31.3. The Balaban J connectivity index is 1.43. The second kappa shape index (κ2) is 13.4. The van der Waals surface area contributed by atoms with Crippen LogP contribution in [0.2, 0.25) is 0 Å². The van der Waals surface area contributed by atoms with Gasteiger partial charge in [-0.15, -0.1) is 0 Å². The van der Waals surface area contributed by atoms with Gasteiger partial charge in [0.2, 0.25) is 0 Å². The molecule has 0 unspecified atom stereocenters. The van der Waals surface area contributed by atoms with Crippen molar-refractivity contribution in [3.8, 4) is 34.0 Å². The van der Waals surface area contributed by atoms with Crippen molar-refractivity contribution in [2.75, 3.05) is 4.90 Å². The summed E-state index contributed by atoms with van der Waals surface area (Å²) in [7, 11) is 0. The Hall–Kier alpha value is -5.24. The second-order valence-electron chi connectivity index (χ2n) is 16.4. The summed E-state index contributed by atoms with van der Waals surface area (Å²) < 4.78 is 40.6. The molecule has 0 saturated carbocycles. The fraction of sp³-hybridized carbons (Fsp3) is 0.295. The number of aromatic nitrogens is 4. The van der Waals surface area contributed by atoms with Crippen molar-refractivity contribution in [1.82, 2.24) is 20.2 Å². The number of benzene rings is 4. The molecule has 1 N–H and O–H groups in total. The molecule has 2 aromatic heterocycles. The van der Waals surface area contributed by atoms with Crippen molar-refractivity contribution in [1.29, 1.82) is 0 Å². The van der Waals surface area contributed by atoms with Gasteiger partial charge in [0.15, 0.2) is 5.82 Å². The standard InChI is InChI=1S/C44H46F3N5/c1-41(2,3)30-14-10-29(11-15-30)40-48-36(26-37(49-40)38-27-39(51-50-38)44(45,46)47)28-12-20-33(21-13-28)52(34-22-16-31(17-23-34)42(4,5)6)35-24-18-32(19-25-35)43(7,8)9/h10-27H,1-9H3,(H,50,51). The van der Waals surface area contributed by atoms with Gasteiger partial charge in [-0.1, -0.05) is 123 Å². The zero-order valence-electron chi connectivity index (χ0n) is 31.3. The summed E-state index contributed by atoms with van der Waals surface area (Å²) in [6.07, 6.45) is -4.56. The van der Waals surface area contributed by atoms with Crippen molar-refractivity contribution in [3.63, 3.8) is 0 Å². The summed E-state index contributed by atoms with van der Waals surface area (Å²) in [4.78, 5) is 11.8. The van der Waals surface area contributed by atoms with Gasteiger partial charge >= 0.3 is 6.18 Å². The fourth-order valence-corrected chi connectivity index (χ4v) is 6.02. The van der Waals surface area contributed by atoms with Crippen LogP contribution in [0.5, 0.6) is 0 Å². The summed E-state index contributed by atoms with van der Waals surface area (Å²) in [6, 6.07) is 36.0. The molecule has 4 aromatic carbocycles. The van der Waals surface area contributed by atoms with Crippen LogP contribution in [0.15, 0.2) is 109 Å². The van der Waals surface area contributed by atoms with Crippen molar-refractivity contribution in [3.05, 3.63) is 132 Å². The first-order valence-corrected chi connectivity index (χ1v) is 17.5. The van der Waals surface area contributed by atoms with E-state index in [2.05, 4.69) is 126 Å². The van der Waals surface area contributed by atoms with Crippen LogP contribution in [0.4, 0.5) is 30.2 Å². The third-order valence-electron chi connectivity index (χ3n) is 9.29. The lowest BCUT2D eigenvalue weighted by Crippen LogP contribution is -2.14. The summed E-state index contributed by atoms with van der Waals surface area (Å²) in [5, 5.41) is 6.09. The molecule has 6 aromatic rings. The summed E-state index contributed by atoms with van der Waals surface area (Å²) in [5.74, 6) is 0.396. The van der Waals surface area contributed by atoms with Gasteiger partial charge in [-0.05, 0) is 81.5 Å². The minimum absolute atomic E-state index is 0.0213. The third-order valence-corrected chi connectivity index (χ3v) is 9.29. The summed E-state index contributed by atoms with van der Waals surface area (Å²) in [6.45, 7) is 19.6. The van der Waals surface area contributed by atoms with Crippen LogP contribution >= 0.6 is 0 Å². The average molecular weight is 702 g/mol. The molecule has 0 aliphatic rings. The Labute approximate surface area is 305 Å². The number of hydrogen-bond acceptors (Lipinski definition) is 4. The predicted octanol–water partition coefficient (Wildman–Crippen LogP) is 12.6. The molecule has 52 heavy (non-hydrogen) atoms. The van der Waals surface area contributed by atoms with E-state index in [4.69, 9.17) is 9.97 Å². The maximum absolute atomic E-state index is 13.5. The number of nitrogens with zero attached hydrogens (tertiary/aromatic N) is 4. The van der Waals surface area contributed by atoms with Crippen LogP contribution < -0.4 is 4.90 Å². The molecule has 0 aliphatic carbocycles. The van der Waals surface area contributed by atoms with E-state index in [1.807, 2.05) is 48.5 Å². The van der Waals surface area contributed by atoms with Gasteiger partial charge in [0.1, 0.15) is 11.4 Å². The highest BCUT2D eigenvalue weighted by molar-refractivity contribution is 5.79. The summed E-state index contributed by atoms with van der Waals surface area (Å²) >= 11 is 0. The number of anilines is 3. The van der Waals surface area contributed by atoms with E-state index >= 15 is 0 Å². The zero-order chi connectivity index (χ0) is 37.6. The van der Waals surface area contributed by atoms with Crippen LogP contribution in [0, 0.1) is 0 Å². The van der Waals surface area contributed by atoms with Crippen molar-refractivity contribution < 1.29 is 13.2 Å². The van der Waals surface area contributed by atoms with E-state index in [0.717, 1.165) is 39.8 Å². The molecule has 5 nitrogen and oxygen atoms in total. The van der Waals surface area contributed by atoms with Crippen LogP contribution in [0.3, 0.4) is 0 Å². The maximum atomic E-state index is 13.5. The van der Waals surface area contributed by atoms with E-state index in [1.165, 1.54) is 11.1 Å². The Morgan fingerprint density at radius 3 is 1.25 bits per heavy atom. The average Bonchev–Trinajstić information content (AvgIpc) is 3.60. The van der Waals surface area contributed by atoms with Crippen LogP contribution in [-0.4, -0.2) is 20.2 Å². The number of H-pyrrole nitrogens is 1. The van der Waals surface area contributed by atoms with Crippen LogP contribution in [0.1, 0.15) is 84.7 Å². The first-order chi connectivity index (χ1) is 24.3. The Morgan fingerprint density at radius 1 is 0.462 bits per heavy atom. The van der Waals surface area contributed by atoms with Crippen LogP contribution in [0.25, 0.3) is 34.0 Å². The lowest BCUT2D eigenvalue weighted by Gasteiger charge is -2.28. The molecule has 268 valence electrons. The number of alkyl halides is 3. The molecule has 0 saturated heterocycles. The molecule has 0 spiro atoms. The van der Waals surface area contributed by atoms with Gasteiger partial charge in [-0.25, -0.2) is 9.97 Å². The molecule has 6 rings (SSSR count). The third kappa shape index (κ3) is 7.96. The van der Waals surface area contributed by atoms with Crippen LogP contribution in [-0.2, 0) is 22.4 Å². The molecule has 0 atom stereocenters. The molecule has 0 radical (unpaired) electrons. The largest absolute Gasteiger partial charge is 0.432 e. The SMILES string of the molecule is CC(C)(C)c1ccc(-c2nc(-c3ccc(N(c4ccc(C(C)(C)C)cc4)c4ccc(C(C)(C)C)cc4)cc3)cc(-c3cc(C(F)(F)F)[nH]n3)n2)cc1. The first-order valence-electron chi connectivity index (χ1n) is 17.5. The molecular formula is C44H46F3N5. The second-order valence-corrected chi connectivity index (χ2v) is 16.4. The molecule has 8 heteroatoms. The quantitative estimate of drug-likeness (QED) is 0.188. The van der Waals surface area contributed by atoms with E-state index < -0.39 is 11.9 Å². The number of rotatable bonds is 6. The minimum Gasteiger partial charge on any atom is -0.311 e. The minimum atomic E-state index is -4.56. The molecule has 0 bridgehead atoms. The molecule has 0 aliphatic heterocycles. The van der Waals surface area contributed by atoms with Gasteiger partial charge in [0.25, 0.3) is 0 Å². The number of nitrogens with one attached hydrogen (secondary N) is 1. The highest BCUT2D eigenvalue weighted by atomic mass is 19.4. The summed E-state index contributed by atoms with van der Waals surface area (Å²) in [5.41, 5.74) is 8.18. The van der Waals surface area contributed by atoms with Gasteiger partial charge < -0.3 is 4.90 Å². The van der Waals surface area contributed by atoms with E-state index in [0.29, 0.717) is 11.5 Å². The van der Waals surface area contributed by atoms with Crippen molar-refractivity contribution in [2.45, 2.75) is 84.7 Å². The lowest BCUT2D eigenvalue weighted by atomic mass is 9.86. The first kappa shape index (κ1) is 36.5. The van der Waals surface area contributed by atoms with E-state index in [9.17, 15) is 13.2 Å². The molecular weight excluding hydrogens is 656 g/mol. The van der Waals surface area contributed by atoms with Gasteiger partial charge in [-0.2, -0.15) is 18.3 Å². The Bertz CT molecular complexity index is 2080. The number of aromatic amines is 1. The molecule has 0 amide bonds. The topological polar surface area (TPSA) is 57.7 Å². The fourth-order valence-electron chi connectivity index (χ4n) is 6.02. The Kier molecular flexibility index (Phi) is 9.41. The number of hydrogen-bond donors (Lipinski definition) is 1. The lowest BCUT2D eigenvalue weighted by molar-refractivity contribution is -0.141. The smallest absolute Gasteiger partial charge is 0.311 e. The number of halogens is 3. The highest BCUT2D eigenvalue weighted by Crippen LogP contribution is 2.39. The Morgan fingerprint density at radius 2 is 0.846 bits per heavy atom. The molecule has 0 fully saturated rings. The van der Waals surface area contributed by atoms with Crippen molar-refractivity contribution in [2.24, 2.45) is 0 Å². The van der Waals surface area contributed by atoms with E-state index in [-0.39, 0.29) is 27.6 Å². The predicted molar refractivity (Wildman–Crippen MR) is 206 cm³/mol. The van der Waals surface area contributed by atoms with Gasteiger partial charge in [0, 0.05) is 28.2 Å².